The molecule has 2 N–H and O–H groups in total. The molecule has 0 saturated carbocycles. The van der Waals surface area contributed by atoms with Crippen molar-refractivity contribution in [3.63, 3.8) is 0 Å². The van der Waals surface area contributed by atoms with Crippen molar-refractivity contribution < 1.29 is 4.79 Å². The van der Waals surface area contributed by atoms with Gasteiger partial charge in [-0.1, -0.05) is 48.5 Å². The van der Waals surface area contributed by atoms with E-state index in [1.54, 1.807) is 0 Å². The van der Waals surface area contributed by atoms with Crippen molar-refractivity contribution in [1.82, 2.24) is 5.32 Å². The van der Waals surface area contributed by atoms with Gasteiger partial charge in [0, 0.05) is 11.1 Å². The molecule has 0 unspecified atom stereocenters. The highest BCUT2D eigenvalue weighted by molar-refractivity contribution is 5.94. The van der Waals surface area contributed by atoms with Crippen LogP contribution in [0.1, 0.15) is 20.8 Å². The lowest BCUT2D eigenvalue weighted by atomic mass is 10.0. The van der Waals surface area contributed by atoms with Crippen molar-refractivity contribution in [3.8, 4) is 11.1 Å². The van der Waals surface area contributed by atoms with Gasteiger partial charge in [-0.3, -0.25) is 0 Å². The van der Waals surface area contributed by atoms with Gasteiger partial charge in [-0.05, 0) is 32.4 Å². The Labute approximate surface area is 120 Å². The summed E-state index contributed by atoms with van der Waals surface area (Å²) in [6.07, 6.45) is 0. The van der Waals surface area contributed by atoms with Gasteiger partial charge in [-0.2, -0.15) is 0 Å². The lowest BCUT2D eigenvalue weighted by Crippen LogP contribution is -2.43. The molecular weight excluding hydrogens is 248 g/mol. The number of benzene rings is 2. The molecule has 0 aliphatic heterocycles. The minimum absolute atomic E-state index is 0.194. The number of anilines is 1. The average molecular weight is 268 g/mol. The van der Waals surface area contributed by atoms with Crippen LogP contribution >= 0.6 is 0 Å². The summed E-state index contributed by atoms with van der Waals surface area (Å²) in [5.41, 5.74) is 2.64. The van der Waals surface area contributed by atoms with Crippen LogP contribution in [0.5, 0.6) is 0 Å². The van der Waals surface area contributed by atoms with Crippen LogP contribution in [0.25, 0.3) is 11.1 Å². The zero-order valence-electron chi connectivity index (χ0n) is 12.1. The number of carbonyl (C=O) groups excluding carboxylic acids is 1. The number of nitrogens with one attached hydrogen (secondary N) is 2. The summed E-state index contributed by atoms with van der Waals surface area (Å²) in [6.45, 7) is 5.86. The van der Waals surface area contributed by atoms with Gasteiger partial charge in [0.2, 0.25) is 0 Å². The summed E-state index contributed by atoms with van der Waals surface area (Å²) in [6, 6.07) is 17.6. The van der Waals surface area contributed by atoms with Crippen LogP contribution in [0.2, 0.25) is 0 Å². The fourth-order valence-corrected chi connectivity index (χ4v) is 1.96. The van der Waals surface area contributed by atoms with Gasteiger partial charge >= 0.3 is 6.03 Å². The zero-order chi connectivity index (χ0) is 14.6. The van der Waals surface area contributed by atoms with E-state index >= 15 is 0 Å². The van der Waals surface area contributed by atoms with Crippen LogP contribution in [0.3, 0.4) is 0 Å². The summed E-state index contributed by atoms with van der Waals surface area (Å²) in [4.78, 5) is 12.0. The van der Waals surface area contributed by atoms with Crippen molar-refractivity contribution in [1.29, 1.82) is 0 Å². The molecule has 0 radical (unpaired) electrons. The van der Waals surface area contributed by atoms with Gasteiger partial charge in [0.25, 0.3) is 0 Å². The minimum Gasteiger partial charge on any atom is -0.333 e. The summed E-state index contributed by atoms with van der Waals surface area (Å²) in [5, 5.41) is 5.81. The molecule has 3 nitrogen and oxygen atoms in total. The first kappa shape index (κ1) is 14.1. The molecule has 0 bridgehead atoms. The fraction of sp³-hybridized carbons (Fsp3) is 0.235. The van der Waals surface area contributed by atoms with Crippen molar-refractivity contribution in [2.75, 3.05) is 5.32 Å². The summed E-state index contributed by atoms with van der Waals surface area (Å²) in [5.74, 6) is 0. The van der Waals surface area contributed by atoms with Crippen LogP contribution in [0.15, 0.2) is 54.6 Å². The first-order valence-electron chi connectivity index (χ1n) is 6.69. The Hall–Kier alpha value is -2.29. The van der Waals surface area contributed by atoms with Gasteiger partial charge in [-0.25, -0.2) is 4.79 Å². The second-order valence-corrected chi connectivity index (χ2v) is 5.74. The molecule has 3 heteroatoms. The third-order valence-electron chi connectivity index (χ3n) is 2.75. The van der Waals surface area contributed by atoms with Crippen molar-refractivity contribution in [2.45, 2.75) is 26.3 Å². The molecule has 0 saturated heterocycles. The molecule has 0 atom stereocenters. The first-order valence-corrected chi connectivity index (χ1v) is 6.69. The fourth-order valence-electron chi connectivity index (χ4n) is 1.96. The molecule has 0 aliphatic rings. The van der Waals surface area contributed by atoms with Crippen LogP contribution < -0.4 is 10.6 Å². The monoisotopic (exact) mass is 268 g/mol. The van der Waals surface area contributed by atoms with Crippen LogP contribution in [-0.2, 0) is 0 Å². The van der Waals surface area contributed by atoms with Crippen molar-refractivity contribution >= 4 is 11.7 Å². The summed E-state index contributed by atoms with van der Waals surface area (Å²) >= 11 is 0. The number of rotatable bonds is 2. The van der Waals surface area contributed by atoms with Gasteiger partial charge in [0.1, 0.15) is 0 Å². The normalized spacial score (nSPS) is 10.9. The van der Waals surface area contributed by atoms with Crippen LogP contribution in [-0.4, -0.2) is 11.6 Å². The number of para-hydroxylation sites is 1. The Bertz CT molecular complexity index is 585. The van der Waals surface area contributed by atoms with Gasteiger partial charge in [-0.15, -0.1) is 0 Å². The Morgan fingerprint density at radius 2 is 1.50 bits per heavy atom. The van der Waals surface area contributed by atoms with E-state index in [0.717, 1.165) is 16.8 Å². The molecule has 2 amide bonds. The lowest BCUT2D eigenvalue weighted by Gasteiger charge is -2.21. The van der Waals surface area contributed by atoms with Gasteiger partial charge < -0.3 is 10.6 Å². The standard InChI is InChI=1S/C17H20N2O/c1-17(2,3)19-16(20)18-15-12-8-7-11-14(15)13-9-5-4-6-10-13/h4-12H,1-3H3,(H2,18,19,20). The maximum Gasteiger partial charge on any atom is 0.319 e. The Balaban J connectivity index is 2.23. The molecule has 2 aromatic rings. The van der Waals surface area contributed by atoms with Crippen molar-refractivity contribution in [3.05, 3.63) is 54.6 Å². The lowest BCUT2D eigenvalue weighted by molar-refractivity contribution is 0.244. The maximum absolute atomic E-state index is 12.0. The SMILES string of the molecule is CC(C)(C)NC(=O)Nc1ccccc1-c1ccccc1. The molecule has 2 aromatic carbocycles. The highest BCUT2D eigenvalue weighted by Gasteiger charge is 2.14. The van der Waals surface area contributed by atoms with Crippen LogP contribution in [0.4, 0.5) is 10.5 Å². The largest absolute Gasteiger partial charge is 0.333 e. The van der Waals surface area contributed by atoms with Crippen molar-refractivity contribution in [2.24, 2.45) is 0 Å². The van der Waals surface area contributed by atoms with E-state index in [0.29, 0.717) is 0 Å². The van der Waals surface area contributed by atoms with E-state index in [-0.39, 0.29) is 11.6 Å². The molecule has 0 heterocycles. The van der Waals surface area contributed by atoms with E-state index in [4.69, 9.17) is 0 Å². The first-order chi connectivity index (χ1) is 9.46. The summed E-state index contributed by atoms with van der Waals surface area (Å²) < 4.78 is 0. The smallest absolute Gasteiger partial charge is 0.319 e. The zero-order valence-corrected chi connectivity index (χ0v) is 12.1. The third-order valence-corrected chi connectivity index (χ3v) is 2.75. The molecule has 0 spiro atoms. The highest BCUT2D eigenvalue weighted by atomic mass is 16.2. The second kappa shape index (κ2) is 5.78. The Morgan fingerprint density at radius 3 is 2.15 bits per heavy atom. The number of amides is 2. The predicted molar refractivity (Wildman–Crippen MR) is 83.8 cm³/mol. The van der Waals surface area contributed by atoms with Gasteiger partial charge in [0.05, 0.1) is 5.69 Å². The van der Waals surface area contributed by atoms with E-state index < -0.39 is 0 Å². The summed E-state index contributed by atoms with van der Waals surface area (Å²) in [7, 11) is 0. The molecule has 104 valence electrons. The topological polar surface area (TPSA) is 41.1 Å². The van der Waals surface area contributed by atoms with E-state index in [9.17, 15) is 4.79 Å². The van der Waals surface area contributed by atoms with Gasteiger partial charge in [0.15, 0.2) is 0 Å². The maximum atomic E-state index is 12.0. The third kappa shape index (κ3) is 3.85. The molecule has 20 heavy (non-hydrogen) atoms. The predicted octanol–water partition coefficient (Wildman–Crippen LogP) is 4.27. The molecular formula is C17H20N2O. The number of urea groups is 1. The Kier molecular flexibility index (Phi) is 4.08. The minimum atomic E-state index is -0.258. The number of hydrogen-bond acceptors (Lipinski definition) is 1. The molecule has 0 aliphatic carbocycles. The highest BCUT2D eigenvalue weighted by Crippen LogP contribution is 2.27. The Morgan fingerprint density at radius 1 is 0.900 bits per heavy atom. The second-order valence-electron chi connectivity index (χ2n) is 5.74. The number of hydrogen-bond donors (Lipinski definition) is 2. The number of carbonyl (C=O) groups is 1. The van der Waals surface area contributed by atoms with Crippen LogP contribution in [0, 0.1) is 0 Å². The quantitative estimate of drug-likeness (QED) is 0.839. The molecule has 2 rings (SSSR count). The molecule has 0 fully saturated rings. The van der Waals surface area contributed by atoms with E-state index in [1.165, 1.54) is 0 Å². The average Bonchev–Trinajstić information content (AvgIpc) is 2.38. The van der Waals surface area contributed by atoms with E-state index in [1.807, 2.05) is 75.4 Å². The van der Waals surface area contributed by atoms with E-state index in [2.05, 4.69) is 10.6 Å². The molecule has 0 aromatic heterocycles.